The third kappa shape index (κ3) is 5.49. The van der Waals surface area contributed by atoms with Crippen LogP contribution < -0.4 is 10.1 Å². The fourth-order valence-electron chi connectivity index (χ4n) is 2.44. The van der Waals surface area contributed by atoms with Crippen molar-refractivity contribution in [2.75, 3.05) is 11.1 Å². The van der Waals surface area contributed by atoms with Gasteiger partial charge in [0, 0.05) is 29.9 Å². The van der Waals surface area contributed by atoms with Gasteiger partial charge in [0.25, 0.3) is 5.69 Å². The van der Waals surface area contributed by atoms with Crippen molar-refractivity contribution < 1.29 is 14.5 Å². The Kier molecular flexibility index (Phi) is 6.91. The first-order valence-corrected chi connectivity index (χ1v) is 10.1. The Bertz CT molecular complexity index is 1070. The van der Waals surface area contributed by atoms with E-state index in [4.69, 9.17) is 16.3 Å². The Morgan fingerprint density at radius 2 is 2.00 bits per heavy atom. The molecule has 1 heterocycles. The van der Waals surface area contributed by atoms with Crippen LogP contribution in [-0.2, 0) is 18.4 Å². The highest BCUT2D eigenvalue weighted by molar-refractivity contribution is 7.99. The number of nitrogens with zero attached hydrogens (tertiary/aromatic N) is 4. The van der Waals surface area contributed by atoms with Crippen molar-refractivity contribution >= 4 is 40.6 Å². The lowest BCUT2D eigenvalue weighted by molar-refractivity contribution is -0.384. The zero-order valence-corrected chi connectivity index (χ0v) is 17.7. The molecule has 3 rings (SSSR count). The molecule has 0 aliphatic heterocycles. The van der Waals surface area contributed by atoms with E-state index >= 15 is 0 Å². The second kappa shape index (κ2) is 9.59. The number of carbonyl (C=O) groups excluding carboxylic acids is 1. The first kappa shape index (κ1) is 21.6. The number of nitro groups is 1. The molecule has 0 radical (unpaired) electrons. The molecule has 1 aromatic heterocycles. The van der Waals surface area contributed by atoms with Gasteiger partial charge in [-0.1, -0.05) is 23.4 Å². The van der Waals surface area contributed by atoms with Crippen molar-refractivity contribution in [3.63, 3.8) is 0 Å². The highest BCUT2D eigenvalue weighted by Crippen LogP contribution is 2.22. The molecule has 1 N–H and O–H groups in total. The molecule has 156 valence electrons. The van der Waals surface area contributed by atoms with Gasteiger partial charge in [-0.25, -0.2) is 0 Å². The number of benzene rings is 2. The molecule has 0 saturated carbocycles. The fraction of sp³-hybridized carbons (Fsp3) is 0.211. The van der Waals surface area contributed by atoms with Crippen LogP contribution in [0.2, 0.25) is 5.02 Å². The van der Waals surface area contributed by atoms with Gasteiger partial charge in [-0.15, -0.1) is 10.2 Å². The van der Waals surface area contributed by atoms with E-state index in [0.717, 1.165) is 5.56 Å². The topological polar surface area (TPSA) is 112 Å². The molecule has 0 bridgehead atoms. The summed E-state index contributed by atoms with van der Waals surface area (Å²) in [6.45, 7) is 2.12. The fourth-order valence-corrected chi connectivity index (χ4v) is 3.29. The summed E-state index contributed by atoms with van der Waals surface area (Å²) < 4.78 is 7.49. The monoisotopic (exact) mass is 447 g/mol. The van der Waals surface area contributed by atoms with Crippen LogP contribution in [0, 0.1) is 17.0 Å². The molecule has 11 heteroatoms. The Morgan fingerprint density at radius 3 is 2.67 bits per heavy atom. The van der Waals surface area contributed by atoms with Crippen LogP contribution in [-0.4, -0.2) is 31.3 Å². The van der Waals surface area contributed by atoms with Gasteiger partial charge in [0.15, 0.2) is 11.0 Å². The van der Waals surface area contributed by atoms with Gasteiger partial charge in [-0.05, 0) is 42.8 Å². The maximum absolute atomic E-state index is 12.1. The number of amides is 1. The molecule has 0 unspecified atom stereocenters. The standard InChI is InChI=1S/C19H18ClN5O4S/c1-12-9-15(7-8-16(12)20)29-10-17-22-23-19(24(17)2)30-11-18(26)21-13-3-5-14(6-4-13)25(27)28/h3-9H,10-11H2,1-2H3,(H,21,26). The molecular formula is C19H18ClN5O4S. The summed E-state index contributed by atoms with van der Waals surface area (Å²) in [7, 11) is 1.79. The number of thioether (sulfide) groups is 1. The molecule has 0 aliphatic rings. The summed E-state index contributed by atoms with van der Waals surface area (Å²) in [6, 6.07) is 11.0. The molecule has 0 fully saturated rings. The van der Waals surface area contributed by atoms with Crippen LogP contribution in [0.4, 0.5) is 11.4 Å². The number of ether oxygens (including phenoxy) is 1. The Labute approximate surface area is 181 Å². The first-order valence-electron chi connectivity index (χ1n) is 8.78. The van der Waals surface area contributed by atoms with E-state index in [1.807, 2.05) is 13.0 Å². The zero-order valence-electron chi connectivity index (χ0n) is 16.2. The van der Waals surface area contributed by atoms with Crippen molar-refractivity contribution in [3.05, 3.63) is 69.0 Å². The van der Waals surface area contributed by atoms with Gasteiger partial charge in [-0.3, -0.25) is 14.9 Å². The van der Waals surface area contributed by atoms with Crippen LogP contribution in [0.25, 0.3) is 0 Å². The Balaban J connectivity index is 1.52. The summed E-state index contributed by atoms with van der Waals surface area (Å²) >= 11 is 7.24. The molecule has 0 saturated heterocycles. The molecule has 0 atom stereocenters. The highest BCUT2D eigenvalue weighted by atomic mass is 35.5. The molecule has 0 aliphatic carbocycles. The van der Waals surface area contributed by atoms with Crippen LogP contribution in [0.15, 0.2) is 47.6 Å². The summed E-state index contributed by atoms with van der Waals surface area (Å²) in [4.78, 5) is 22.3. The third-order valence-electron chi connectivity index (χ3n) is 4.12. The smallest absolute Gasteiger partial charge is 0.269 e. The number of non-ortho nitro benzene ring substituents is 1. The van der Waals surface area contributed by atoms with Crippen molar-refractivity contribution in [1.82, 2.24) is 14.8 Å². The maximum Gasteiger partial charge on any atom is 0.269 e. The average Bonchev–Trinajstić information content (AvgIpc) is 3.07. The number of nitro benzene ring substituents is 1. The maximum atomic E-state index is 12.1. The van der Waals surface area contributed by atoms with Crippen LogP contribution in [0.5, 0.6) is 5.75 Å². The van der Waals surface area contributed by atoms with E-state index in [9.17, 15) is 14.9 Å². The van der Waals surface area contributed by atoms with E-state index in [2.05, 4.69) is 15.5 Å². The zero-order chi connectivity index (χ0) is 21.7. The average molecular weight is 448 g/mol. The molecule has 0 spiro atoms. The number of hydrogen-bond acceptors (Lipinski definition) is 7. The Hall–Kier alpha value is -3.11. The number of hydrogen-bond donors (Lipinski definition) is 1. The molecule has 9 nitrogen and oxygen atoms in total. The summed E-state index contributed by atoms with van der Waals surface area (Å²) in [5.74, 6) is 1.14. The minimum Gasteiger partial charge on any atom is -0.486 e. The van der Waals surface area contributed by atoms with Crippen molar-refractivity contribution in [1.29, 1.82) is 0 Å². The van der Waals surface area contributed by atoms with Gasteiger partial charge in [0.05, 0.1) is 10.7 Å². The van der Waals surface area contributed by atoms with Crippen molar-refractivity contribution in [2.45, 2.75) is 18.7 Å². The third-order valence-corrected chi connectivity index (χ3v) is 5.56. The minimum absolute atomic E-state index is 0.0371. The molecular weight excluding hydrogens is 430 g/mol. The van der Waals surface area contributed by atoms with Crippen molar-refractivity contribution in [3.8, 4) is 5.75 Å². The van der Waals surface area contributed by atoms with Gasteiger partial charge in [-0.2, -0.15) is 0 Å². The molecule has 2 aromatic carbocycles. The minimum atomic E-state index is -0.495. The molecule has 30 heavy (non-hydrogen) atoms. The van der Waals surface area contributed by atoms with Gasteiger partial charge in [0.2, 0.25) is 5.91 Å². The van der Waals surface area contributed by atoms with Gasteiger partial charge >= 0.3 is 0 Å². The number of rotatable bonds is 8. The van der Waals surface area contributed by atoms with E-state index < -0.39 is 4.92 Å². The largest absolute Gasteiger partial charge is 0.486 e. The van der Waals surface area contributed by atoms with Gasteiger partial charge < -0.3 is 14.6 Å². The SMILES string of the molecule is Cc1cc(OCc2nnc(SCC(=O)Nc3ccc([N+](=O)[O-])cc3)n2C)ccc1Cl. The first-order chi connectivity index (χ1) is 14.3. The normalized spacial score (nSPS) is 10.6. The predicted molar refractivity (Wildman–Crippen MR) is 114 cm³/mol. The number of aromatic nitrogens is 3. The molecule has 3 aromatic rings. The van der Waals surface area contributed by atoms with Crippen LogP contribution in [0.3, 0.4) is 0 Å². The highest BCUT2D eigenvalue weighted by Gasteiger charge is 2.13. The number of carbonyl (C=O) groups is 1. The van der Waals surface area contributed by atoms with E-state index in [-0.39, 0.29) is 24.0 Å². The summed E-state index contributed by atoms with van der Waals surface area (Å²) in [6.07, 6.45) is 0. The number of nitrogens with one attached hydrogen (secondary N) is 1. The number of aryl methyl sites for hydroxylation is 1. The van der Waals surface area contributed by atoms with Crippen LogP contribution >= 0.6 is 23.4 Å². The number of halogens is 1. The second-order valence-electron chi connectivity index (χ2n) is 6.30. The Morgan fingerprint density at radius 1 is 1.27 bits per heavy atom. The van der Waals surface area contributed by atoms with Gasteiger partial charge in [0.1, 0.15) is 12.4 Å². The van der Waals surface area contributed by atoms with Crippen molar-refractivity contribution in [2.24, 2.45) is 7.05 Å². The van der Waals surface area contributed by atoms with E-state index in [1.165, 1.54) is 36.0 Å². The quantitative estimate of drug-likeness (QED) is 0.315. The number of anilines is 1. The second-order valence-corrected chi connectivity index (χ2v) is 7.65. The lowest BCUT2D eigenvalue weighted by Gasteiger charge is -2.08. The summed E-state index contributed by atoms with van der Waals surface area (Å²) in [5, 5.41) is 22.8. The van der Waals surface area contributed by atoms with E-state index in [1.54, 1.807) is 23.7 Å². The lowest BCUT2D eigenvalue weighted by Crippen LogP contribution is -2.14. The summed E-state index contributed by atoms with van der Waals surface area (Å²) in [5.41, 5.74) is 1.36. The lowest BCUT2D eigenvalue weighted by atomic mass is 10.2. The molecule has 1 amide bonds. The van der Waals surface area contributed by atoms with Crippen LogP contribution in [0.1, 0.15) is 11.4 Å². The van der Waals surface area contributed by atoms with E-state index in [0.29, 0.717) is 27.4 Å². The predicted octanol–water partition coefficient (Wildman–Crippen LogP) is 3.99.